The minimum Gasteiger partial charge on any atom is -0.311 e. The lowest BCUT2D eigenvalue weighted by atomic mass is 9.99. The van der Waals surface area contributed by atoms with E-state index in [4.69, 9.17) is 0 Å². The molecule has 1 unspecified atom stereocenters. The summed E-state index contributed by atoms with van der Waals surface area (Å²) in [6, 6.07) is 0.337. The zero-order valence-corrected chi connectivity index (χ0v) is 10.1. The smallest absolute Gasteiger partial charge is 0.311 e. The molecule has 0 saturated carbocycles. The van der Waals surface area contributed by atoms with E-state index < -0.39 is 0 Å². The Kier molecular flexibility index (Phi) is 2.72. The molecule has 17 heavy (non-hydrogen) atoms. The number of rotatable bonds is 1. The molecule has 5 nitrogen and oxygen atoms in total. The molecule has 2 aliphatic heterocycles. The van der Waals surface area contributed by atoms with Crippen LogP contribution >= 0.6 is 0 Å². The fraction of sp³-hybridized carbons (Fsp3) is 0.667. The average molecular weight is 234 g/mol. The van der Waals surface area contributed by atoms with E-state index in [1.807, 2.05) is 0 Å². The molecule has 0 radical (unpaired) electrons. The lowest BCUT2D eigenvalue weighted by Crippen LogP contribution is -2.32. The molecule has 3 heterocycles. The van der Waals surface area contributed by atoms with E-state index in [2.05, 4.69) is 27.2 Å². The van der Waals surface area contributed by atoms with Crippen LogP contribution in [-0.2, 0) is 13.0 Å². The van der Waals surface area contributed by atoms with Crippen LogP contribution in [0.1, 0.15) is 35.8 Å². The van der Waals surface area contributed by atoms with Crippen molar-refractivity contribution in [1.29, 1.82) is 0 Å². The molecule has 1 aromatic heterocycles. The molecule has 2 aliphatic rings. The van der Waals surface area contributed by atoms with E-state index in [9.17, 15) is 4.79 Å². The third-order valence-corrected chi connectivity index (χ3v) is 3.84. The number of hydrogen-bond donors (Lipinski definition) is 2. The highest BCUT2D eigenvalue weighted by molar-refractivity contribution is 5.29. The lowest BCUT2D eigenvalue weighted by molar-refractivity contribution is 0.308. The van der Waals surface area contributed by atoms with Crippen LogP contribution in [0.2, 0.25) is 0 Å². The van der Waals surface area contributed by atoms with Gasteiger partial charge in [-0.05, 0) is 45.0 Å². The Hall–Kier alpha value is -1.20. The van der Waals surface area contributed by atoms with Crippen molar-refractivity contribution in [3.8, 4) is 0 Å². The second-order valence-electron chi connectivity index (χ2n) is 4.95. The topological polar surface area (TPSA) is 61.0 Å². The predicted molar refractivity (Wildman–Crippen MR) is 64.9 cm³/mol. The first kappa shape index (κ1) is 10.9. The van der Waals surface area contributed by atoms with Crippen molar-refractivity contribution in [2.75, 3.05) is 20.1 Å². The van der Waals surface area contributed by atoms with Gasteiger partial charge in [-0.25, -0.2) is 4.79 Å². The molecule has 0 amide bonds. The van der Waals surface area contributed by atoms with Crippen molar-refractivity contribution < 1.29 is 0 Å². The predicted octanol–water partition coefficient (Wildman–Crippen LogP) is 0.182. The molecule has 3 rings (SSSR count). The van der Waals surface area contributed by atoms with Gasteiger partial charge in [-0.2, -0.15) is 4.98 Å². The Morgan fingerprint density at radius 2 is 2.35 bits per heavy atom. The SMILES string of the molecule is CN1CCCC1c1nc(=O)[nH]c2c1CCNC2. The van der Waals surface area contributed by atoms with E-state index in [1.54, 1.807) is 0 Å². The van der Waals surface area contributed by atoms with Crippen LogP contribution in [0.5, 0.6) is 0 Å². The number of nitrogens with one attached hydrogen (secondary N) is 2. The minimum atomic E-state index is -0.206. The molecule has 1 fully saturated rings. The highest BCUT2D eigenvalue weighted by Gasteiger charge is 2.28. The monoisotopic (exact) mass is 234 g/mol. The van der Waals surface area contributed by atoms with Crippen LogP contribution in [0, 0.1) is 0 Å². The Bertz CT molecular complexity index is 482. The molecule has 0 bridgehead atoms. The molecule has 0 aliphatic carbocycles. The number of aromatic amines is 1. The van der Waals surface area contributed by atoms with Gasteiger partial charge >= 0.3 is 5.69 Å². The summed E-state index contributed by atoms with van der Waals surface area (Å²) in [5.41, 5.74) is 3.11. The van der Waals surface area contributed by atoms with Crippen LogP contribution < -0.4 is 11.0 Å². The molecule has 1 atom stereocenters. The van der Waals surface area contributed by atoms with E-state index in [-0.39, 0.29) is 5.69 Å². The standard InChI is InChI=1S/C12H18N4O/c1-16-6-2-3-10(16)11-8-4-5-13-7-9(8)14-12(17)15-11/h10,13H,2-7H2,1H3,(H,14,15,17). The maximum Gasteiger partial charge on any atom is 0.345 e. The van der Waals surface area contributed by atoms with Gasteiger partial charge in [0.25, 0.3) is 0 Å². The first-order chi connectivity index (χ1) is 8.25. The maximum absolute atomic E-state index is 11.6. The van der Waals surface area contributed by atoms with Gasteiger partial charge < -0.3 is 10.3 Å². The van der Waals surface area contributed by atoms with Gasteiger partial charge in [0.2, 0.25) is 0 Å². The van der Waals surface area contributed by atoms with Crippen molar-refractivity contribution >= 4 is 0 Å². The molecule has 1 aromatic rings. The van der Waals surface area contributed by atoms with Crippen LogP contribution in [-0.4, -0.2) is 35.0 Å². The van der Waals surface area contributed by atoms with Crippen molar-refractivity contribution in [3.05, 3.63) is 27.4 Å². The van der Waals surface area contributed by atoms with Crippen molar-refractivity contribution in [1.82, 2.24) is 20.2 Å². The average Bonchev–Trinajstić information content (AvgIpc) is 2.74. The lowest BCUT2D eigenvalue weighted by Gasteiger charge is -2.25. The summed E-state index contributed by atoms with van der Waals surface area (Å²) < 4.78 is 0. The number of likely N-dealkylation sites (tertiary alicyclic amines) is 1. The summed E-state index contributed by atoms with van der Waals surface area (Å²) in [6.45, 7) is 2.84. The van der Waals surface area contributed by atoms with Gasteiger partial charge in [0, 0.05) is 12.2 Å². The molecule has 2 N–H and O–H groups in total. The Balaban J connectivity index is 2.08. The molecular formula is C12H18N4O. The number of fused-ring (bicyclic) bond motifs is 1. The summed E-state index contributed by atoms with van der Waals surface area (Å²) in [4.78, 5) is 21.0. The number of nitrogens with zero attached hydrogens (tertiary/aromatic N) is 2. The maximum atomic E-state index is 11.6. The molecule has 1 saturated heterocycles. The van der Waals surface area contributed by atoms with Gasteiger partial charge in [-0.1, -0.05) is 0 Å². The van der Waals surface area contributed by atoms with Gasteiger partial charge in [-0.3, -0.25) is 4.90 Å². The van der Waals surface area contributed by atoms with Gasteiger partial charge in [-0.15, -0.1) is 0 Å². The van der Waals surface area contributed by atoms with Crippen molar-refractivity contribution in [2.24, 2.45) is 0 Å². The Labute approximate surface area is 100 Å². The fourth-order valence-corrected chi connectivity index (χ4v) is 2.95. The van der Waals surface area contributed by atoms with E-state index in [0.29, 0.717) is 6.04 Å². The van der Waals surface area contributed by atoms with Gasteiger partial charge in [0.05, 0.1) is 11.7 Å². The number of hydrogen-bond acceptors (Lipinski definition) is 4. The molecule has 0 spiro atoms. The summed E-state index contributed by atoms with van der Waals surface area (Å²) in [5, 5.41) is 3.29. The van der Waals surface area contributed by atoms with Crippen molar-refractivity contribution in [3.63, 3.8) is 0 Å². The number of H-pyrrole nitrogens is 1. The molecule has 5 heteroatoms. The highest BCUT2D eigenvalue weighted by Crippen LogP contribution is 2.31. The van der Waals surface area contributed by atoms with Gasteiger partial charge in [0.1, 0.15) is 0 Å². The quantitative estimate of drug-likeness (QED) is 0.728. The summed E-state index contributed by atoms with van der Waals surface area (Å²) >= 11 is 0. The summed E-state index contributed by atoms with van der Waals surface area (Å²) in [7, 11) is 2.12. The Morgan fingerprint density at radius 3 is 3.12 bits per heavy atom. The summed E-state index contributed by atoms with van der Waals surface area (Å²) in [5.74, 6) is 0. The third-order valence-electron chi connectivity index (χ3n) is 3.84. The normalized spacial score (nSPS) is 24.9. The van der Waals surface area contributed by atoms with Crippen LogP contribution in [0.15, 0.2) is 4.79 Å². The molecule has 92 valence electrons. The third kappa shape index (κ3) is 1.89. The van der Waals surface area contributed by atoms with E-state index in [1.165, 1.54) is 12.0 Å². The van der Waals surface area contributed by atoms with Crippen LogP contribution in [0.3, 0.4) is 0 Å². The second-order valence-corrected chi connectivity index (χ2v) is 4.95. The highest BCUT2D eigenvalue weighted by atomic mass is 16.1. The van der Waals surface area contributed by atoms with E-state index in [0.717, 1.165) is 43.9 Å². The first-order valence-electron chi connectivity index (χ1n) is 6.28. The molecule has 0 aromatic carbocycles. The van der Waals surface area contributed by atoms with Crippen molar-refractivity contribution in [2.45, 2.75) is 31.8 Å². The second kappa shape index (κ2) is 4.23. The van der Waals surface area contributed by atoms with E-state index >= 15 is 0 Å². The zero-order valence-electron chi connectivity index (χ0n) is 10.1. The Morgan fingerprint density at radius 1 is 1.47 bits per heavy atom. The van der Waals surface area contributed by atoms with Gasteiger partial charge in [0.15, 0.2) is 0 Å². The summed E-state index contributed by atoms with van der Waals surface area (Å²) in [6.07, 6.45) is 3.29. The van der Waals surface area contributed by atoms with Crippen LogP contribution in [0.4, 0.5) is 0 Å². The largest absolute Gasteiger partial charge is 0.345 e. The first-order valence-corrected chi connectivity index (χ1v) is 6.28. The molecular weight excluding hydrogens is 216 g/mol. The van der Waals surface area contributed by atoms with Crippen LogP contribution in [0.25, 0.3) is 0 Å². The minimum absolute atomic E-state index is 0.206. The number of aromatic nitrogens is 2. The zero-order chi connectivity index (χ0) is 11.8. The fourth-order valence-electron chi connectivity index (χ4n) is 2.95.